The largest absolute Gasteiger partial charge is 0.486 e. The molecule has 0 spiro atoms. The maximum Gasteiger partial charge on any atom is 0.338 e. The van der Waals surface area contributed by atoms with Crippen LogP contribution < -0.4 is 15.0 Å². The number of rotatable bonds is 7. The molecular formula is C29H28ClFN2O3. The van der Waals surface area contributed by atoms with Crippen molar-refractivity contribution < 1.29 is 19.0 Å². The molecule has 0 radical (unpaired) electrons. The number of ether oxygens (including phenoxy) is 1. The van der Waals surface area contributed by atoms with Gasteiger partial charge in [-0.2, -0.15) is 0 Å². The molecule has 186 valence electrons. The topological polar surface area (TPSA) is 61.8 Å². The summed E-state index contributed by atoms with van der Waals surface area (Å²) < 4.78 is 20.3. The molecule has 1 aliphatic heterocycles. The van der Waals surface area contributed by atoms with Gasteiger partial charge in [0.1, 0.15) is 17.7 Å². The number of anilines is 2. The molecule has 2 atom stereocenters. The highest BCUT2D eigenvalue weighted by Crippen LogP contribution is 2.39. The van der Waals surface area contributed by atoms with Crippen molar-refractivity contribution in [3.05, 3.63) is 102 Å². The summed E-state index contributed by atoms with van der Waals surface area (Å²) >= 11 is 0. The van der Waals surface area contributed by atoms with E-state index in [1.807, 2.05) is 29.2 Å². The number of hydrogen-bond acceptors (Lipinski definition) is 4. The lowest BCUT2D eigenvalue weighted by atomic mass is 9.99. The number of para-hydroxylation sites is 2. The van der Waals surface area contributed by atoms with Gasteiger partial charge in [-0.1, -0.05) is 54.6 Å². The zero-order valence-corrected chi connectivity index (χ0v) is 20.7. The number of benzene rings is 4. The molecular weight excluding hydrogens is 479 g/mol. The zero-order valence-electron chi connectivity index (χ0n) is 19.9. The summed E-state index contributed by atoms with van der Waals surface area (Å²) in [7, 11) is 0. The van der Waals surface area contributed by atoms with E-state index in [0.717, 1.165) is 24.4 Å². The summed E-state index contributed by atoms with van der Waals surface area (Å²) in [6, 6.07) is 26.8. The van der Waals surface area contributed by atoms with Crippen LogP contribution in [-0.4, -0.2) is 30.3 Å². The number of nitrogens with one attached hydrogen (secondary N) is 1. The fourth-order valence-electron chi connectivity index (χ4n) is 4.74. The van der Waals surface area contributed by atoms with Gasteiger partial charge in [-0.3, -0.25) is 0 Å². The molecule has 0 amide bonds. The van der Waals surface area contributed by atoms with Gasteiger partial charge >= 0.3 is 5.97 Å². The summed E-state index contributed by atoms with van der Waals surface area (Å²) in [6.45, 7) is 3.44. The molecule has 1 heterocycles. The first-order valence-electron chi connectivity index (χ1n) is 11.8. The molecule has 0 bridgehead atoms. The second-order valence-corrected chi connectivity index (χ2v) is 8.82. The van der Waals surface area contributed by atoms with E-state index >= 15 is 0 Å². The van der Waals surface area contributed by atoms with Crippen molar-refractivity contribution in [3.63, 3.8) is 0 Å². The molecule has 0 aliphatic carbocycles. The van der Waals surface area contributed by atoms with Crippen LogP contribution >= 0.6 is 12.4 Å². The normalized spacial score (nSPS) is 15.5. The average Bonchev–Trinajstić information content (AvgIpc) is 2.88. The Morgan fingerprint density at radius 2 is 1.83 bits per heavy atom. The molecule has 36 heavy (non-hydrogen) atoms. The van der Waals surface area contributed by atoms with Crippen LogP contribution in [0.15, 0.2) is 84.9 Å². The van der Waals surface area contributed by atoms with Crippen molar-refractivity contribution in [3.8, 4) is 5.75 Å². The number of fused-ring (bicyclic) bond motifs is 2. The summed E-state index contributed by atoms with van der Waals surface area (Å²) in [5.74, 6) is -1.30. The quantitative estimate of drug-likeness (QED) is 0.290. The number of carboxylic acid groups (broad SMARTS) is 1. The molecule has 0 saturated carbocycles. The third kappa shape index (κ3) is 5.15. The number of carbonyl (C=O) groups is 1. The summed E-state index contributed by atoms with van der Waals surface area (Å²) in [5.41, 5.74) is 2.38. The molecule has 7 heteroatoms. The Balaban J connectivity index is 0.00000304. The fourth-order valence-corrected chi connectivity index (χ4v) is 4.74. The van der Waals surface area contributed by atoms with E-state index in [1.165, 1.54) is 28.5 Å². The summed E-state index contributed by atoms with van der Waals surface area (Å²) in [5, 5.41) is 15.5. The maximum atomic E-state index is 14.0. The van der Waals surface area contributed by atoms with E-state index in [4.69, 9.17) is 4.74 Å². The van der Waals surface area contributed by atoms with Crippen molar-refractivity contribution in [1.29, 1.82) is 0 Å². The lowest BCUT2D eigenvalue weighted by Gasteiger charge is -2.36. The first-order chi connectivity index (χ1) is 17.0. The molecule has 1 unspecified atom stereocenters. The highest BCUT2D eigenvalue weighted by molar-refractivity contribution is 5.90. The average molecular weight is 507 g/mol. The van der Waals surface area contributed by atoms with Crippen LogP contribution in [0, 0.1) is 5.82 Å². The Kier molecular flexibility index (Phi) is 7.77. The van der Waals surface area contributed by atoms with Gasteiger partial charge in [-0.25, -0.2) is 9.18 Å². The Morgan fingerprint density at radius 3 is 2.67 bits per heavy atom. The van der Waals surface area contributed by atoms with Gasteiger partial charge in [0, 0.05) is 11.7 Å². The summed E-state index contributed by atoms with van der Waals surface area (Å²) in [4.78, 5) is 13.5. The lowest BCUT2D eigenvalue weighted by Crippen LogP contribution is -2.39. The van der Waals surface area contributed by atoms with Crippen molar-refractivity contribution in [2.45, 2.75) is 25.5 Å². The van der Waals surface area contributed by atoms with Crippen molar-refractivity contribution >= 4 is 40.5 Å². The fraction of sp³-hybridized carbons (Fsp3) is 0.207. The number of nitrogens with zero attached hydrogens (tertiary/aromatic N) is 1. The van der Waals surface area contributed by atoms with Gasteiger partial charge in [-0.15, -0.1) is 12.4 Å². The van der Waals surface area contributed by atoms with Crippen LogP contribution in [0.3, 0.4) is 0 Å². The van der Waals surface area contributed by atoms with Gasteiger partial charge in [0.15, 0.2) is 0 Å². The molecule has 2 N–H and O–H groups in total. The van der Waals surface area contributed by atoms with Crippen molar-refractivity contribution in [2.75, 3.05) is 18.0 Å². The van der Waals surface area contributed by atoms with E-state index in [-0.39, 0.29) is 30.1 Å². The van der Waals surface area contributed by atoms with Crippen LogP contribution in [0.25, 0.3) is 10.8 Å². The van der Waals surface area contributed by atoms with Gasteiger partial charge in [0.25, 0.3) is 0 Å². The van der Waals surface area contributed by atoms with E-state index in [0.29, 0.717) is 12.2 Å². The van der Waals surface area contributed by atoms with Crippen LogP contribution in [0.1, 0.15) is 35.3 Å². The van der Waals surface area contributed by atoms with Crippen molar-refractivity contribution in [1.82, 2.24) is 5.32 Å². The van der Waals surface area contributed by atoms with Crippen LogP contribution in [0.4, 0.5) is 15.8 Å². The van der Waals surface area contributed by atoms with E-state index in [1.54, 1.807) is 6.07 Å². The molecule has 4 aromatic carbocycles. The summed E-state index contributed by atoms with van der Waals surface area (Å²) in [6.07, 6.45) is 0.642. The van der Waals surface area contributed by atoms with Crippen molar-refractivity contribution in [2.24, 2.45) is 0 Å². The Morgan fingerprint density at radius 1 is 1.08 bits per heavy atom. The highest BCUT2D eigenvalue weighted by atomic mass is 35.5. The highest BCUT2D eigenvalue weighted by Gasteiger charge is 2.27. The van der Waals surface area contributed by atoms with Gasteiger partial charge in [0.05, 0.1) is 17.8 Å². The van der Waals surface area contributed by atoms with Crippen LogP contribution in [-0.2, 0) is 0 Å². The Bertz CT molecular complexity index is 1370. The first-order valence-corrected chi connectivity index (χ1v) is 11.8. The monoisotopic (exact) mass is 506 g/mol. The minimum Gasteiger partial charge on any atom is -0.486 e. The molecule has 0 aromatic heterocycles. The predicted molar refractivity (Wildman–Crippen MR) is 143 cm³/mol. The van der Waals surface area contributed by atoms with Crippen LogP contribution in [0.2, 0.25) is 0 Å². The predicted octanol–water partition coefficient (Wildman–Crippen LogP) is 6.74. The molecule has 4 aromatic rings. The zero-order chi connectivity index (χ0) is 24.4. The van der Waals surface area contributed by atoms with E-state index in [9.17, 15) is 14.3 Å². The second kappa shape index (κ2) is 11.0. The number of hydrogen-bond donors (Lipinski definition) is 2. The Labute approximate surface area is 215 Å². The molecule has 1 aliphatic rings. The molecule has 0 saturated heterocycles. The van der Waals surface area contributed by atoms with Crippen LogP contribution in [0.5, 0.6) is 5.75 Å². The minimum atomic E-state index is -1.28. The standard InChI is InChI=1S/C29H27FN2O3.ClH/c1-19(23-10-6-8-20-7-2-3-9-24(20)23)31-16-15-22-18-32(27-11-4-5-12-28(27)35-22)21-13-14-26(30)25(17-21)29(33)34;/h2-14,17,19,22,31H,15-16,18H2,1H3,(H,33,34);1H/t19-,22?;/m1./s1. The Hall–Kier alpha value is -3.61. The second-order valence-electron chi connectivity index (χ2n) is 8.82. The third-order valence-electron chi connectivity index (χ3n) is 6.53. The maximum absolute atomic E-state index is 14.0. The SMILES string of the molecule is C[C@@H](NCCC1CN(c2ccc(F)c(C(=O)O)c2)c2ccccc2O1)c1cccc2ccccc12.Cl. The van der Waals surface area contributed by atoms with Gasteiger partial charge in [-0.05, 0) is 66.6 Å². The molecule has 0 fully saturated rings. The smallest absolute Gasteiger partial charge is 0.338 e. The third-order valence-corrected chi connectivity index (χ3v) is 6.53. The molecule has 5 nitrogen and oxygen atoms in total. The minimum absolute atomic E-state index is 0. The lowest BCUT2D eigenvalue weighted by molar-refractivity contribution is 0.0692. The van der Waals surface area contributed by atoms with E-state index in [2.05, 4.69) is 54.7 Å². The molecule has 5 rings (SSSR count). The van der Waals surface area contributed by atoms with Gasteiger partial charge < -0.3 is 20.1 Å². The number of carboxylic acids is 1. The first kappa shape index (κ1) is 25.5. The number of aromatic carboxylic acids is 1. The van der Waals surface area contributed by atoms with E-state index < -0.39 is 11.8 Å². The van der Waals surface area contributed by atoms with Gasteiger partial charge in [0.2, 0.25) is 0 Å². The number of halogens is 2.